The van der Waals surface area contributed by atoms with Gasteiger partial charge in [-0.05, 0) is 75.5 Å². The summed E-state index contributed by atoms with van der Waals surface area (Å²) in [6.45, 7) is 9.28. The molecule has 5 atom stereocenters. The highest BCUT2D eigenvalue weighted by molar-refractivity contribution is 6.37. The number of hydrogen-bond acceptors (Lipinski definition) is 6. The van der Waals surface area contributed by atoms with Gasteiger partial charge in [-0.3, -0.25) is 19.2 Å². The van der Waals surface area contributed by atoms with Crippen LogP contribution in [0.3, 0.4) is 0 Å². The van der Waals surface area contributed by atoms with Crippen LogP contribution in [0.4, 0.5) is 13.6 Å². The molecule has 4 fully saturated rings. The number of nitrogens with zero attached hydrogens (tertiary/aromatic N) is 1. The first kappa shape index (κ1) is 31.2. The van der Waals surface area contributed by atoms with Crippen LogP contribution in [0, 0.1) is 29.1 Å². The van der Waals surface area contributed by atoms with Crippen molar-refractivity contribution >= 4 is 29.6 Å². The zero-order valence-electron chi connectivity index (χ0n) is 24.6. The van der Waals surface area contributed by atoms with Gasteiger partial charge in [-0.1, -0.05) is 26.7 Å². The van der Waals surface area contributed by atoms with Crippen LogP contribution in [0.2, 0.25) is 0 Å². The topological polar surface area (TPSA) is 148 Å². The second kappa shape index (κ2) is 11.1. The molecule has 3 aliphatic carbocycles. The van der Waals surface area contributed by atoms with Crippen LogP contribution < -0.4 is 16.4 Å². The lowest BCUT2D eigenvalue weighted by Crippen LogP contribution is -2.60. The number of alkyl carbamates (subject to hydrolysis) is 1. The molecule has 0 bridgehead atoms. The standard InChI is InChI=1S/C29H44F2N4O6/c1-27(2,3)41-26(40)34-20(16-10-12-29(30,31)13-11-16)25(39)35-14-17-19(28(17,4)5)21(35)24(38)33-18(22(36)23(32)37)9-8-15-6-7-15/h15-21H,6-14H2,1-5H3,(H2,32,37)(H,33,38)(H,34,40)/t17?,18?,19-,20-,21-/m0/s1. The van der Waals surface area contributed by atoms with Gasteiger partial charge in [-0.2, -0.15) is 0 Å². The fourth-order valence-corrected chi connectivity index (χ4v) is 6.71. The smallest absolute Gasteiger partial charge is 0.408 e. The Morgan fingerprint density at radius 1 is 1.02 bits per heavy atom. The Bertz CT molecular complexity index is 1080. The second-order valence-corrected chi connectivity index (χ2v) is 14.0. The molecule has 2 unspecified atom stereocenters. The number of Topliss-reactive ketones (excluding diaryl/α,β-unsaturated/α-hetero) is 1. The molecule has 1 saturated heterocycles. The van der Waals surface area contributed by atoms with E-state index in [-0.39, 0.29) is 43.1 Å². The number of nitrogens with two attached hydrogens (primary N) is 1. The lowest BCUT2D eigenvalue weighted by molar-refractivity contribution is -0.145. The molecule has 0 spiro atoms. The first-order chi connectivity index (χ1) is 18.9. The van der Waals surface area contributed by atoms with Crippen molar-refractivity contribution in [3.63, 3.8) is 0 Å². The number of ether oxygens (including phenoxy) is 1. The van der Waals surface area contributed by atoms with Crippen molar-refractivity contribution in [3.05, 3.63) is 0 Å². The lowest BCUT2D eigenvalue weighted by atomic mass is 9.81. The minimum absolute atomic E-state index is 0.0109. The maximum atomic E-state index is 14.1. The van der Waals surface area contributed by atoms with Gasteiger partial charge in [0.15, 0.2) is 0 Å². The highest BCUT2D eigenvalue weighted by Gasteiger charge is 2.70. The van der Waals surface area contributed by atoms with Crippen molar-refractivity contribution in [3.8, 4) is 0 Å². The minimum Gasteiger partial charge on any atom is -0.444 e. The molecule has 1 aliphatic heterocycles. The zero-order valence-corrected chi connectivity index (χ0v) is 24.6. The number of nitrogens with one attached hydrogen (secondary N) is 2. The number of likely N-dealkylation sites (tertiary alicyclic amines) is 1. The molecule has 12 heteroatoms. The normalized spacial score (nSPS) is 28.2. The summed E-state index contributed by atoms with van der Waals surface area (Å²) in [5.41, 5.74) is 4.18. The van der Waals surface area contributed by atoms with Gasteiger partial charge < -0.3 is 26.0 Å². The Morgan fingerprint density at radius 3 is 2.17 bits per heavy atom. The summed E-state index contributed by atoms with van der Waals surface area (Å²) in [6, 6.07) is -3.19. The predicted octanol–water partition coefficient (Wildman–Crippen LogP) is 2.92. The first-order valence-corrected chi connectivity index (χ1v) is 14.7. The number of rotatable bonds is 10. The number of alkyl halides is 2. The summed E-state index contributed by atoms with van der Waals surface area (Å²) in [7, 11) is 0. The van der Waals surface area contributed by atoms with E-state index in [1.165, 1.54) is 4.90 Å². The summed E-state index contributed by atoms with van der Waals surface area (Å²) in [5, 5.41) is 5.34. The number of piperidine rings is 1. The average molecular weight is 583 g/mol. The van der Waals surface area contributed by atoms with Crippen molar-refractivity contribution in [1.82, 2.24) is 15.5 Å². The van der Waals surface area contributed by atoms with E-state index in [1.807, 2.05) is 13.8 Å². The minimum atomic E-state index is -2.83. The van der Waals surface area contributed by atoms with E-state index in [0.717, 1.165) is 12.8 Å². The Labute approximate surface area is 239 Å². The van der Waals surface area contributed by atoms with Gasteiger partial charge in [0.2, 0.25) is 23.5 Å². The monoisotopic (exact) mass is 582 g/mol. The largest absolute Gasteiger partial charge is 0.444 e. The summed E-state index contributed by atoms with van der Waals surface area (Å²) < 4.78 is 33.3. The van der Waals surface area contributed by atoms with Crippen molar-refractivity contribution in [2.45, 2.75) is 116 Å². The molecule has 41 heavy (non-hydrogen) atoms. The first-order valence-electron chi connectivity index (χ1n) is 14.7. The van der Waals surface area contributed by atoms with E-state index < -0.39 is 78.0 Å². The molecular weight excluding hydrogens is 538 g/mol. The van der Waals surface area contributed by atoms with Crippen LogP contribution in [0.25, 0.3) is 0 Å². The van der Waals surface area contributed by atoms with E-state index >= 15 is 0 Å². The van der Waals surface area contributed by atoms with E-state index in [1.54, 1.807) is 20.8 Å². The molecule has 4 rings (SSSR count). The highest BCUT2D eigenvalue weighted by atomic mass is 19.3. The van der Waals surface area contributed by atoms with Crippen LogP contribution in [0.5, 0.6) is 0 Å². The molecule has 230 valence electrons. The molecule has 0 aromatic carbocycles. The molecule has 10 nitrogen and oxygen atoms in total. The number of primary amides is 1. The Hall–Kier alpha value is -2.79. The third-order valence-corrected chi connectivity index (χ3v) is 9.37. The quantitative estimate of drug-likeness (QED) is 0.338. The van der Waals surface area contributed by atoms with E-state index in [9.17, 15) is 32.8 Å². The Kier molecular flexibility index (Phi) is 8.46. The van der Waals surface area contributed by atoms with Gasteiger partial charge in [0, 0.05) is 19.4 Å². The van der Waals surface area contributed by atoms with Crippen LogP contribution in [-0.2, 0) is 23.9 Å². The third kappa shape index (κ3) is 7.17. The van der Waals surface area contributed by atoms with Gasteiger partial charge in [0.25, 0.3) is 5.91 Å². The molecular formula is C29H44F2N4O6. The maximum absolute atomic E-state index is 14.1. The van der Waals surface area contributed by atoms with Gasteiger partial charge in [0.1, 0.15) is 17.7 Å². The number of amides is 4. The summed E-state index contributed by atoms with van der Waals surface area (Å²) >= 11 is 0. The van der Waals surface area contributed by atoms with Gasteiger partial charge in [-0.15, -0.1) is 0 Å². The summed E-state index contributed by atoms with van der Waals surface area (Å²) in [5.74, 6) is -6.24. The SMILES string of the molecule is CC(C)(C)OC(=O)N[C@H](C(=O)N1CC2[C@@H]([C@H]1C(=O)NC(CCC1CC1)C(=O)C(N)=O)C2(C)C)C1CCC(F)(F)CC1. The van der Waals surface area contributed by atoms with E-state index in [4.69, 9.17) is 10.5 Å². The predicted molar refractivity (Wildman–Crippen MR) is 144 cm³/mol. The second-order valence-electron chi connectivity index (χ2n) is 14.0. The average Bonchev–Trinajstić information content (AvgIpc) is 3.71. The maximum Gasteiger partial charge on any atom is 0.408 e. The lowest BCUT2D eigenvalue weighted by Gasteiger charge is -2.38. The fourth-order valence-electron chi connectivity index (χ4n) is 6.71. The molecule has 4 amide bonds. The van der Waals surface area contributed by atoms with Crippen molar-refractivity contribution in [2.24, 2.45) is 34.8 Å². The molecule has 1 heterocycles. The van der Waals surface area contributed by atoms with Crippen molar-refractivity contribution in [1.29, 1.82) is 0 Å². The number of ketones is 1. The van der Waals surface area contributed by atoms with Gasteiger partial charge in [-0.25, -0.2) is 13.6 Å². The third-order valence-electron chi connectivity index (χ3n) is 9.37. The van der Waals surface area contributed by atoms with E-state index in [2.05, 4.69) is 10.6 Å². The molecule has 0 radical (unpaired) electrons. The molecule has 4 aliphatic rings. The number of fused-ring (bicyclic) bond motifs is 1. The van der Waals surface area contributed by atoms with Crippen LogP contribution >= 0.6 is 0 Å². The summed E-state index contributed by atoms with van der Waals surface area (Å²) in [4.78, 5) is 66.3. The van der Waals surface area contributed by atoms with Crippen LogP contribution in [0.1, 0.15) is 86.0 Å². The Morgan fingerprint density at radius 2 is 1.63 bits per heavy atom. The van der Waals surface area contributed by atoms with E-state index in [0.29, 0.717) is 12.3 Å². The summed E-state index contributed by atoms with van der Waals surface area (Å²) in [6.07, 6.45) is 1.41. The Balaban J connectivity index is 1.56. The van der Waals surface area contributed by atoms with Crippen LogP contribution in [0.15, 0.2) is 0 Å². The number of halogens is 2. The molecule has 4 N–H and O–H groups in total. The molecule has 0 aromatic heterocycles. The fraction of sp³-hybridized carbons (Fsp3) is 0.828. The van der Waals surface area contributed by atoms with Gasteiger partial charge >= 0.3 is 6.09 Å². The van der Waals surface area contributed by atoms with Crippen molar-refractivity contribution < 1.29 is 37.5 Å². The molecule has 0 aromatic rings. The molecule has 3 saturated carbocycles. The van der Waals surface area contributed by atoms with Gasteiger partial charge in [0.05, 0.1) is 6.04 Å². The van der Waals surface area contributed by atoms with Crippen molar-refractivity contribution in [2.75, 3.05) is 6.54 Å². The zero-order chi connectivity index (χ0) is 30.5. The van der Waals surface area contributed by atoms with Crippen LogP contribution in [-0.4, -0.2) is 70.7 Å². The number of carbonyl (C=O) groups excluding carboxylic acids is 5. The highest BCUT2D eigenvalue weighted by Crippen LogP contribution is 2.65. The number of hydrogen-bond donors (Lipinski definition) is 3. The number of carbonyl (C=O) groups is 5.